The van der Waals surface area contributed by atoms with E-state index in [0.29, 0.717) is 11.3 Å². The maximum atomic E-state index is 9.49. The Morgan fingerprint density at radius 3 is 2.61 bits per heavy atom. The molecule has 0 spiro atoms. The summed E-state index contributed by atoms with van der Waals surface area (Å²) < 4.78 is 5.30. The molecular weight excluding hydrogens is 284 g/mol. The Bertz CT molecular complexity index is 987. The molecule has 2 aromatic rings. The molecule has 3 nitrogen and oxygen atoms in total. The average Bonchev–Trinajstić information content (AvgIpc) is 2.76. The minimum absolute atomic E-state index is 0.585. The Morgan fingerprint density at radius 1 is 1.13 bits per heavy atom. The number of aromatic nitrogens is 1. The van der Waals surface area contributed by atoms with Gasteiger partial charge in [0.1, 0.15) is 17.5 Å². The highest BCUT2D eigenvalue weighted by Crippen LogP contribution is 2.05. The van der Waals surface area contributed by atoms with Crippen LogP contribution in [0.25, 0.3) is 12.2 Å². The van der Waals surface area contributed by atoms with Gasteiger partial charge in [0.15, 0.2) is 0 Å². The number of nitriles is 1. The van der Waals surface area contributed by atoms with E-state index in [-0.39, 0.29) is 0 Å². The summed E-state index contributed by atoms with van der Waals surface area (Å²) in [5.41, 5.74) is 3.35. The molecule has 23 heavy (non-hydrogen) atoms. The Labute approximate surface area is 135 Å². The molecule has 0 saturated carbocycles. The van der Waals surface area contributed by atoms with E-state index in [1.165, 1.54) is 5.56 Å². The highest BCUT2D eigenvalue weighted by Gasteiger charge is 2.08. The number of aromatic amines is 1. The molecule has 1 N–H and O–H groups in total. The molecule has 0 bridgehead atoms. The van der Waals surface area contributed by atoms with Crippen molar-refractivity contribution in [2.75, 3.05) is 7.11 Å². The van der Waals surface area contributed by atoms with Crippen LogP contribution in [-0.4, -0.2) is 12.1 Å². The van der Waals surface area contributed by atoms with Gasteiger partial charge in [0.25, 0.3) is 0 Å². The summed E-state index contributed by atoms with van der Waals surface area (Å²) in [4.78, 5) is 3.24. The van der Waals surface area contributed by atoms with Crippen molar-refractivity contribution in [2.24, 2.45) is 0 Å². The van der Waals surface area contributed by atoms with Crippen LogP contribution in [0.3, 0.4) is 0 Å². The zero-order valence-electron chi connectivity index (χ0n) is 13.1. The van der Waals surface area contributed by atoms with Crippen LogP contribution >= 0.6 is 0 Å². The van der Waals surface area contributed by atoms with Crippen molar-refractivity contribution < 1.29 is 4.74 Å². The Hall–Kier alpha value is -3.17. The third kappa shape index (κ3) is 3.05. The predicted octanol–water partition coefficient (Wildman–Crippen LogP) is 2.09. The van der Waals surface area contributed by atoms with Gasteiger partial charge in [-0.05, 0) is 37.5 Å². The van der Waals surface area contributed by atoms with Crippen molar-refractivity contribution in [2.45, 2.75) is 13.3 Å². The van der Waals surface area contributed by atoms with Gasteiger partial charge in [0.2, 0.25) is 0 Å². The number of fused-ring (bicyclic) bond motifs is 1. The lowest BCUT2D eigenvalue weighted by molar-refractivity contribution is 0.312. The maximum absolute atomic E-state index is 9.49. The second-order valence-corrected chi connectivity index (χ2v) is 5.32. The summed E-state index contributed by atoms with van der Waals surface area (Å²) in [6.07, 6.45) is 6.62. The second kappa shape index (κ2) is 6.30. The summed E-state index contributed by atoms with van der Waals surface area (Å²) in [5, 5.41) is 11.2. The summed E-state index contributed by atoms with van der Waals surface area (Å²) in [7, 11) is 1.64. The highest BCUT2D eigenvalue weighted by molar-refractivity contribution is 5.56. The van der Waals surface area contributed by atoms with E-state index in [1.807, 2.05) is 49.4 Å². The molecule has 1 aromatic carbocycles. The lowest BCUT2D eigenvalue weighted by atomic mass is 10.1. The first-order valence-corrected chi connectivity index (χ1v) is 7.38. The van der Waals surface area contributed by atoms with Crippen LogP contribution in [-0.2, 0) is 4.74 Å². The van der Waals surface area contributed by atoms with Crippen molar-refractivity contribution in [3.05, 3.63) is 69.1 Å². The number of nitrogens with zero attached hydrogens (tertiary/aromatic N) is 1. The van der Waals surface area contributed by atoms with E-state index >= 15 is 0 Å². The molecule has 1 heterocycles. The predicted molar refractivity (Wildman–Crippen MR) is 90.6 cm³/mol. The number of allylic oxidation sites excluding steroid dienone is 2. The van der Waals surface area contributed by atoms with E-state index in [4.69, 9.17) is 4.74 Å². The van der Waals surface area contributed by atoms with Crippen LogP contribution in [0, 0.1) is 30.1 Å². The largest absolute Gasteiger partial charge is 0.497 e. The number of aryl methyl sites for hydroxylation is 1. The number of hydrogen-bond donors (Lipinski definition) is 1. The van der Waals surface area contributed by atoms with Gasteiger partial charge in [-0.2, -0.15) is 5.26 Å². The maximum Gasteiger partial charge on any atom is 0.117 e. The summed E-state index contributed by atoms with van der Waals surface area (Å²) in [6.45, 7) is 2.04. The quantitative estimate of drug-likeness (QED) is 0.820. The number of nitrogens with one attached hydrogen (secondary N) is 1. The Balaban J connectivity index is 2.10. The number of H-pyrrole nitrogens is 1. The summed E-state index contributed by atoms with van der Waals surface area (Å²) in [6, 6.07) is 10.3. The van der Waals surface area contributed by atoms with Gasteiger partial charge in [-0.25, -0.2) is 0 Å². The fourth-order valence-corrected chi connectivity index (χ4v) is 2.48. The molecule has 112 valence electrons. The highest BCUT2D eigenvalue weighted by atomic mass is 16.5. The first-order chi connectivity index (χ1) is 11.2. The monoisotopic (exact) mass is 300 g/mol. The van der Waals surface area contributed by atoms with Crippen molar-refractivity contribution in [1.82, 2.24) is 4.98 Å². The molecule has 3 heteroatoms. The van der Waals surface area contributed by atoms with Crippen LogP contribution in [0.1, 0.15) is 28.8 Å². The number of hydrogen-bond acceptors (Lipinski definition) is 2. The summed E-state index contributed by atoms with van der Waals surface area (Å²) >= 11 is 0. The first-order valence-electron chi connectivity index (χ1n) is 7.38. The van der Waals surface area contributed by atoms with Gasteiger partial charge in [0.05, 0.1) is 18.0 Å². The van der Waals surface area contributed by atoms with Gasteiger partial charge in [-0.15, -0.1) is 0 Å². The molecule has 0 amide bonds. The van der Waals surface area contributed by atoms with E-state index in [0.717, 1.165) is 28.3 Å². The van der Waals surface area contributed by atoms with Crippen molar-refractivity contribution >= 4 is 12.2 Å². The molecule has 3 rings (SSSR count). The van der Waals surface area contributed by atoms with Crippen LogP contribution in [0.5, 0.6) is 0 Å². The molecule has 0 radical (unpaired) electrons. The van der Waals surface area contributed by atoms with Crippen molar-refractivity contribution in [3.63, 3.8) is 0 Å². The van der Waals surface area contributed by atoms with E-state index in [2.05, 4.69) is 22.9 Å². The summed E-state index contributed by atoms with van der Waals surface area (Å²) in [5.74, 6) is 6.97. The van der Waals surface area contributed by atoms with Crippen LogP contribution in [0.15, 0.2) is 36.1 Å². The second-order valence-electron chi connectivity index (χ2n) is 5.32. The standard InChI is InChI=1S/C20H16N2O/c1-14-6-8-15(9-7-14)10-11-19-18(13-21)17-5-3-4-16(23-2)12-20(17)22-19/h4-9,12,22H,3H2,1-2H3. The Morgan fingerprint density at radius 2 is 1.91 bits per heavy atom. The SMILES string of the molecule is COC1=CCC=c2c(C#N)c(C#Cc3ccc(C)cc3)[nH]c2=C1. The van der Waals surface area contributed by atoms with E-state index in [1.54, 1.807) is 7.11 Å². The molecule has 1 aromatic heterocycles. The van der Waals surface area contributed by atoms with Crippen LogP contribution in [0.2, 0.25) is 0 Å². The van der Waals surface area contributed by atoms with Crippen molar-refractivity contribution in [1.29, 1.82) is 5.26 Å². The molecule has 0 aliphatic heterocycles. The van der Waals surface area contributed by atoms with Gasteiger partial charge in [0, 0.05) is 16.9 Å². The van der Waals surface area contributed by atoms with E-state index < -0.39 is 0 Å². The third-order valence-electron chi connectivity index (χ3n) is 3.73. The Kier molecular flexibility index (Phi) is 4.04. The van der Waals surface area contributed by atoms with Gasteiger partial charge >= 0.3 is 0 Å². The molecule has 0 saturated heterocycles. The molecule has 0 fully saturated rings. The first kappa shape index (κ1) is 14.8. The van der Waals surface area contributed by atoms with Gasteiger partial charge in [-0.1, -0.05) is 29.7 Å². The minimum atomic E-state index is 0.585. The number of methoxy groups -OCH3 is 1. The molecule has 1 aliphatic carbocycles. The molecule has 0 unspecified atom stereocenters. The van der Waals surface area contributed by atoms with Gasteiger partial charge < -0.3 is 9.72 Å². The van der Waals surface area contributed by atoms with Crippen molar-refractivity contribution in [3.8, 4) is 17.9 Å². The normalized spacial score (nSPS) is 12.3. The fourth-order valence-electron chi connectivity index (χ4n) is 2.48. The number of benzene rings is 1. The van der Waals surface area contributed by atoms with Crippen LogP contribution in [0.4, 0.5) is 0 Å². The van der Waals surface area contributed by atoms with E-state index in [9.17, 15) is 5.26 Å². The van der Waals surface area contributed by atoms with Gasteiger partial charge in [-0.3, -0.25) is 0 Å². The minimum Gasteiger partial charge on any atom is -0.497 e. The molecular formula is C20H16N2O. The topological polar surface area (TPSA) is 48.8 Å². The smallest absolute Gasteiger partial charge is 0.117 e. The number of ether oxygens (including phenoxy) is 1. The third-order valence-corrected chi connectivity index (χ3v) is 3.73. The number of rotatable bonds is 1. The zero-order chi connectivity index (χ0) is 16.2. The average molecular weight is 300 g/mol. The fraction of sp³-hybridized carbons (Fsp3) is 0.150. The lowest BCUT2D eigenvalue weighted by Gasteiger charge is -1.96. The molecule has 0 atom stereocenters. The zero-order valence-corrected chi connectivity index (χ0v) is 13.1. The lowest BCUT2D eigenvalue weighted by Crippen LogP contribution is -2.23. The van der Waals surface area contributed by atoms with Crippen LogP contribution < -0.4 is 10.6 Å². The molecule has 1 aliphatic rings.